The number of allylic oxidation sites excluding steroid dienone is 2. The van der Waals surface area contributed by atoms with Gasteiger partial charge in [-0.15, -0.1) is 0 Å². The van der Waals surface area contributed by atoms with Crippen LogP contribution in [0.15, 0.2) is 11.4 Å². The maximum atomic E-state index is 2.51. The molecule has 0 spiro atoms. The van der Waals surface area contributed by atoms with E-state index >= 15 is 0 Å². The average molecular weight is 244 g/mol. The zero-order valence-electron chi connectivity index (χ0n) is 13.8. The van der Waals surface area contributed by atoms with Crippen molar-refractivity contribution in [3.8, 4) is 0 Å². The van der Waals surface area contributed by atoms with E-state index in [2.05, 4.69) is 71.6 Å². The first-order valence-electron chi connectivity index (χ1n) is 6.93. The van der Waals surface area contributed by atoms with Crippen molar-refractivity contribution in [3.05, 3.63) is 17.8 Å². The topological polar surface area (TPSA) is 6.48 Å². The van der Waals surface area contributed by atoms with E-state index in [1.54, 1.807) is 0 Å². The van der Waals surface area contributed by atoms with E-state index in [-0.39, 0.29) is 18.9 Å². The molecule has 100 valence electrons. The molecule has 0 fully saturated rings. The fourth-order valence-corrected chi connectivity index (χ4v) is 2.81. The number of hydrogen-bond acceptors (Lipinski definition) is 2. The predicted octanol–water partition coefficient (Wildman–Crippen LogP) is 0.657. The van der Waals surface area contributed by atoms with E-state index in [4.69, 9.17) is 0 Å². The molecule has 0 aliphatic heterocycles. The third-order valence-electron chi connectivity index (χ3n) is 3.23. The van der Waals surface area contributed by atoms with E-state index in [9.17, 15) is 0 Å². The monoisotopic (exact) mass is 244 g/mol. The van der Waals surface area contributed by atoms with E-state index in [1.165, 1.54) is 11.4 Å². The third kappa shape index (κ3) is 3.90. The second kappa shape index (κ2) is 6.82. The first kappa shape index (κ1) is 17.8. The first-order valence-corrected chi connectivity index (χ1v) is 6.93. The van der Waals surface area contributed by atoms with Crippen LogP contribution in [0.2, 0.25) is 0 Å². The molecule has 0 aromatic rings. The van der Waals surface area contributed by atoms with Crippen LogP contribution in [0, 0.1) is 6.42 Å². The summed E-state index contributed by atoms with van der Waals surface area (Å²) in [7, 11) is 0. The molecule has 1 aliphatic rings. The van der Waals surface area contributed by atoms with E-state index in [0.717, 1.165) is 0 Å². The molecule has 0 saturated heterocycles. The Morgan fingerprint density at radius 3 is 1.00 bits per heavy atom. The Labute approximate surface area is 126 Å². The summed E-state index contributed by atoms with van der Waals surface area (Å²) >= 11 is 0. The summed E-state index contributed by atoms with van der Waals surface area (Å²) in [6.45, 7) is 18.2. The van der Waals surface area contributed by atoms with Crippen LogP contribution in [0.3, 0.4) is 0 Å². The summed E-state index contributed by atoms with van der Waals surface area (Å²) < 4.78 is 0. The zero-order valence-corrected chi connectivity index (χ0v) is 13.8. The standard InChI is InChI=1S/C15H29N2.Li/c1-10(2)16(11(3)4)14-9-15(14)17(12(5)6)13(7)8;/h9-13H,1-8H3;/q-1;+1. The van der Waals surface area contributed by atoms with E-state index in [1.807, 2.05) is 0 Å². The molecule has 2 nitrogen and oxygen atoms in total. The molecule has 18 heavy (non-hydrogen) atoms. The Balaban J connectivity index is 0.00000289. The van der Waals surface area contributed by atoms with Gasteiger partial charge in [0.2, 0.25) is 0 Å². The second-order valence-electron chi connectivity index (χ2n) is 6.10. The van der Waals surface area contributed by atoms with Crippen molar-refractivity contribution in [2.45, 2.75) is 79.6 Å². The van der Waals surface area contributed by atoms with Crippen LogP contribution in [-0.2, 0) is 0 Å². The Hall–Kier alpha value is -0.193. The molecule has 3 heteroatoms. The summed E-state index contributed by atoms with van der Waals surface area (Å²) in [5.74, 6) is 0. The fraction of sp³-hybridized carbons (Fsp3) is 0.800. The Kier molecular flexibility index (Phi) is 6.75. The average Bonchev–Trinajstić information content (AvgIpc) is 2.81. The Morgan fingerprint density at radius 2 is 0.833 bits per heavy atom. The van der Waals surface area contributed by atoms with Gasteiger partial charge in [0.05, 0.1) is 0 Å². The zero-order chi connectivity index (χ0) is 13.3. The molecule has 0 atom stereocenters. The third-order valence-corrected chi connectivity index (χ3v) is 3.23. The maximum absolute atomic E-state index is 2.51. The normalized spacial score (nSPS) is 14.2. The molecule has 0 bridgehead atoms. The van der Waals surface area contributed by atoms with Gasteiger partial charge in [0.1, 0.15) is 0 Å². The molecule has 0 radical (unpaired) electrons. The summed E-state index contributed by atoms with van der Waals surface area (Å²) in [5, 5.41) is 0. The first-order chi connectivity index (χ1) is 7.77. The van der Waals surface area contributed by atoms with Gasteiger partial charge in [-0.3, -0.25) is 0 Å². The number of nitrogens with zero attached hydrogens (tertiary/aromatic N) is 2. The fourth-order valence-electron chi connectivity index (χ4n) is 2.81. The summed E-state index contributed by atoms with van der Waals surface area (Å²) in [6, 6.07) is 2.28. The van der Waals surface area contributed by atoms with Crippen LogP contribution in [0.4, 0.5) is 0 Å². The van der Waals surface area contributed by atoms with Crippen molar-refractivity contribution in [3.63, 3.8) is 0 Å². The van der Waals surface area contributed by atoms with Gasteiger partial charge in [0.15, 0.2) is 0 Å². The Bertz CT molecular complexity index is 249. The quantitative estimate of drug-likeness (QED) is 0.500. The minimum absolute atomic E-state index is 0. The molecule has 0 unspecified atom stereocenters. The van der Waals surface area contributed by atoms with Crippen molar-refractivity contribution >= 4 is 0 Å². The van der Waals surface area contributed by atoms with Gasteiger partial charge in [0.25, 0.3) is 0 Å². The van der Waals surface area contributed by atoms with Crippen LogP contribution in [0.5, 0.6) is 0 Å². The SMILES string of the molecule is CC(C)N(C1=C(N(C(C)C)C(C)C)[CH-]1)C(C)C.[Li+]. The molecule has 0 saturated carbocycles. The maximum Gasteiger partial charge on any atom is 1.00 e. The molecule has 1 aliphatic carbocycles. The minimum Gasteiger partial charge on any atom is -0.440 e. The summed E-state index contributed by atoms with van der Waals surface area (Å²) in [6.07, 6.45) is 2.33. The molecule has 0 N–H and O–H groups in total. The molecule has 0 aromatic carbocycles. The molecule has 0 amide bonds. The molecule has 1 rings (SSSR count). The van der Waals surface area contributed by atoms with Crippen molar-refractivity contribution in [1.82, 2.24) is 9.80 Å². The van der Waals surface area contributed by atoms with Crippen LogP contribution < -0.4 is 18.9 Å². The summed E-state index contributed by atoms with van der Waals surface area (Å²) in [5.41, 5.74) is 2.88. The van der Waals surface area contributed by atoms with Gasteiger partial charge in [-0.2, -0.15) is 11.4 Å². The van der Waals surface area contributed by atoms with Crippen molar-refractivity contribution in [2.75, 3.05) is 0 Å². The van der Waals surface area contributed by atoms with Crippen molar-refractivity contribution in [1.29, 1.82) is 0 Å². The minimum atomic E-state index is 0. The number of hydrogen-bond donors (Lipinski definition) is 0. The number of rotatable bonds is 6. The van der Waals surface area contributed by atoms with E-state index < -0.39 is 0 Å². The molecule has 0 aromatic heterocycles. The molecule has 0 heterocycles. The van der Waals surface area contributed by atoms with Crippen molar-refractivity contribution < 1.29 is 18.9 Å². The molecular weight excluding hydrogens is 215 g/mol. The van der Waals surface area contributed by atoms with Crippen LogP contribution in [-0.4, -0.2) is 34.0 Å². The van der Waals surface area contributed by atoms with Crippen LogP contribution in [0.25, 0.3) is 0 Å². The van der Waals surface area contributed by atoms with Crippen LogP contribution >= 0.6 is 0 Å². The van der Waals surface area contributed by atoms with Gasteiger partial charge >= 0.3 is 18.9 Å². The second-order valence-corrected chi connectivity index (χ2v) is 6.10. The predicted molar refractivity (Wildman–Crippen MR) is 75.5 cm³/mol. The summed E-state index contributed by atoms with van der Waals surface area (Å²) in [4.78, 5) is 5.01. The van der Waals surface area contributed by atoms with Gasteiger partial charge < -0.3 is 9.80 Å². The van der Waals surface area contributed by atoms with E-state index in [0.29, 0.717) is 24.2 Å². The van der Waals surface area contributed by atoms with Crippen molar-refractivity contribution in [2.24, 2.45) is 0 Å². The largest absolute Gasteiger partial charge is 1.00 e. The van der Waals surface area contributed by atoms with Gasteiger partial charge in [-0.25, -0.2) is 6.42 Å². The smallest absolute Gasteiger partial charge is 0.440 e. The Morgan fingerprint density at radius 1 is 0.611 bits per heavy atom. The van der Waals surface area contributed by atoms with Gasteiger partial charge in [-0.05, 0) is 55.4 Å². The van der Waals surface area contributed by atoms with Gasteiger partial charge in [0, 0.05) is 24.2 Å². The molecular formula is C15H29LiN2. The van der Waals surface area contributed by atoms with Gasteiger partial charge in [-0.1, -0.05) is 0 Å². The van der Waals surface area contributed by atoms with Crippen LogP contribution in [0.1, 0.15) is 55.4 Å².